The van der Waals surface area contributed by atoms with Crippen molar-refractivity contribution >= 4 is 28.3 Å². The first-order valence-electron chi connectivity index (χ1n) is 9.23. The number of rotatable bonds is 9. The van der Waals surface area contributed by atoms with E-state index in [1.54, 1.807) is 12.1 Å². The highest BCUT2D eigenvalue weighted by atomic mass is 79.9. The van der Waals surface area contributed by atoms with E-state index in [1.165, 1.54) is 17.7 Å². The molecule has 0 amide bonds. The summed E-state index contributed by atoms with van der Waals surface area (Å²) in [4.78, 5) is 0. The van der Waals surface area contributed by atoms with Gasteiger partial charge in [-0.3, -0.25) is 0 Å². The predicted octanol–water partition coefficient (Wildman–Crippen LogP) is 6.28. The topological polar surface area (TPSA) is 30.5 Å². The second-order valence-electron chi connectivity index (χ2n) is 6.34. The van der Waals surface area contributed by atoms with Gasteiger partial charge in [0.2, 0.25) is 0 Å². The van der Waals surface area contributed by atoms with E-state index in [4.69, 9.17) is 9.47 Å². The summed E-state index contributed by atoms with van der Waals surface area (Å²) in [6.07, 6.45) is 0. The van der Waals surface area contributed by atoms with E-state index in [-0.39, 0.29) is 18.2 Å². The number of hydrogen-bond acceptors (Lipinski definition) is 3. The molecule has 0 bridgehead atoms. The van der Waals surface area contributed by atoms with Crippen LogP contribution in [0, 0.1) is 5.82 Å². The summed E-state index contributed by atoms with van der Waals surface area (Å²) < 4.78 is 25.6. The molecule has 0 heterocycles. The second kappa shape index (κ2) is 11.8. The Hall–Kier alpha value is -2.08. The molecule has 6 heteroatoms. The van der Waals surface area contributed by atoms with Crippen molar-refractivity contribution in [2.75, 3.05) is 6.61 Å². The van der Waals surface area contributed by atoms with Gasteiger partial charge in [-0.05, 0) is 63.8 Å². The standard InChI is InChI=1S/C23H23BrFNO2.ClH/c1-2-27-22-13-19(15-26-14-17-6-4-3-5-7-17)12-21(24)23(22)28-16-18-8-10-20(25)11-9-18;/h3-13,26H,2,14-16H2,1H3;1H. The number of benzene rings is 3. The molecule has 0 unspecified atom stereocenters. The zero-order valence-corrected chi connectivity index (χ0v) is 18.6. The quantitative estimate of drug-likeness (QED) is 0.391. The van der Waals surface area contributed by atoms with Gasteiger partial charge in [0, 0.05) is 13.1 Å². The Bertz CT molecular complexity index is 891. The van der Waals surface area contributed by atoms with Crippen LogP contribution < -0.4 is 14.8 Å². The Morgan fingerprint density at radius 3 is 2.24 bits per heavy atom. The van der Waals surface area contributed by atoms with Crippen LogP contribution in [0.15, 0.2) is 71.2 Å². The van der Waals surface area contributed by atoms with E-state index in [0.29, 0.717) is 31.3 Å². The van der Waals surface area contributed by atoms with Gasteiger partial charge in [-0.1, -0.05) is 42.5 Å². The van der Waals surface area contributed by atoms with Gasteiger partial charge in [-0.15, -0.1) is 12.4 Å². The Balaban J connectivity index is 0.00000300. The fourth-order valence-corrected chi connectivity index (χ4v) is 3.41. The van der Waals surface area contributed by atoms with Gasteiger partial charge in [0.1, 0.15) is 12.4 Å². The molecular formula is C23H24BrClFNO2. The van der Waals surface area contributed by atoms with Crippen molar-refractivity contribution in [1.82, 2.24) is 5.32 Å². The Morgan fingerprint density at radius 1 is 0.862 bits per heavy atom. The van der Waals surface area contributed by atoms with E-state index in [9.17, 15) is 4.39 Å². The zero-order valence-electron chi connectivity index (χ0n) is 16.2. The van der Waals surface area contributed by atoms with Crippen LogP contribution in [0.2, 0.25) is 0 Å². The summed E-state index contributed by atoms with van der Waals surface area (Å²) in [5, 5.41) is 3.44. The molecule has 0 aromatic heterocycles. The van der Waals surface area contributed by atoms with Crippen LogP contribution in [0.4, 0.5) is 4.39 Å². The Kier molecular flexibility index (Phi) is 9.45. The van der Waals surface area contributed by atoms with E-state index in [1.807, 2.05) is 37.3 Å². The van der Waals surface area contributed by atoms with E-state index >= 15 is 0 Å². The molecule has 1 N–H and O–H groups in total. The van der Waals surface area contributed by atoms with Gasteiger partial charge >= 0.3 is 0 Å². The number of hydrogen-bond donors (Lipinski definition) is 1. The molecule has 3 rings (SSSR count). The molecule has 0 radical (unpaired) electrons. The monoisotopic (exact) mass is 479 g/mol. The van der Waals surface area contributed by atoms with E-state index < -0.39 is 0 Å². The SMILES string of the molecule is CCOc1cc(CNCc2ccccc2)cc(Br)c1OCc1ccc(F)cc1.Cl. The molecule has 3 aromatic rings. The maximum Gasteiger partial charge on any atom is 0.175 e. The van der Waals surface area contributed by atoms with Crippen LogP contribution in [0.25, 0.3) is 0 Å². The van der Waals surface area contributed by atoms with Crippen LogP contribution >= 0.6 is 28.3 Å². The first-order valence-corrected chi connectivity index (χ1v) is 10.0. The lowest BCUT2D eigenvalue weighted by Gasteiger charge is -2.16. The lowest BCUT2D eigenvalue weighted by atomic mass is 10.1. The summed E-state index contributed by atoms with van der Waals surface area (Å²) >= 11 is 3.60. The van der Waals surface area contributed by atoms with Crippen molar-refractivity contribution in [3.05, 3.63) is 93.7 Å². The third-order valence-electron chi connectivity index (χ3n) is 4.17. The molecule has 0 aliphatic heterocycles. The van der Waals surface area contributed by atoms with Gasteiger partial charge in [-0.25, -0.2) is 4.39 Å². The van der Waals surface area contributed by atoms with Gasteiger partial charge in [-0.2, -0.15) is 0 Å². The van der Waals surface area contributed by atoms with Crippen molar-refractivity contribution in [3.8, 4) is 11.5 Å². The van der Waals surface area contributed by atoms with Gasteiger partial charge in [0.25, 0.3) is 0 Å². The Morgan fingerprint density at radius 2 is 1.55 bits per heavy atom. The fraction of sp³-hybridized carbons (Fsp3) is 0.217. The fourth-order valence-electron chi connectivity index (χ4n) is 2.81. The predicted molar refractivity (Wildman–Crippen MR) is 120 cm³/mol. The maximum atomic E-state index is 13.1. The van der Waals surface area contributed by atoms with Crippen molar-refractivity contribution in [2.45, 2.75) is 26.6 Å². The number of ether oxygens (including phenoxy) is 2. The molecule has 29 heavy (non-hydrogen) atoms. The molecule has 0 saturated heterocycles. The molecule has 0 fully saturated rings. The minimum absolute atomic E-state index is 0. The molecular weight excluding hydrogens is 457 g/mol. The van der Waals surface area contributed by atoms with Crippen LogP contribution in [-0.2, 0) is 19.7 Å². The van der Waals surface area contributed by atoms with Crippen LogP contribution in [-0.4, -0.2) is 6.61 Å². The number of nitrogens with one attached hydrogen (secondary N) is 1. The zero-order chi connectivity index (χ0) is 19.8. The molecule has 3 aromatic carbocycles. The summed E-state index contributed by atoms with van der Waals surface area (Å²) in [5.74, 6) is 1.08. The largest absolute Gasteiger partial charge is 0.490 e. The summed E-state index contributed by atoms with van der Waals surface area (Å²) in [7, 11) is 0. The molecule has 0 saturated carbocycles. The summed E-state index contributed by atoms with van der Waals surface area (Å²) in [6, 6.07) is 20.6. The van der Waals surface area contributed by atoms with E-state index in [2.05, 4.69) is 33.4 Å². The first-order chi connectivity index (χ1) is 13.7. The van der Waals surface area contributed by atoms with Crippen molar-refractivity contribution in [3.63, 3.8) is 0 Å². The highest BCUT2D eigenvalue weighted by molar-refractivity contribution is 9.10. The molecule has 0 aliphatic rings. The van der Waals surface area contributed by atoms with Crippen LogP contribution in [0.3, 0.4) is 0 Å². The number of halogens is 3. The lowest BCUT2D eigenvalue weighted by Crippen LogP contribution is -2.13. The molecule has 0 atom stereocenters. The van der Waals surface area contributed by atoms with Crippen LogP contribution in [0.5, 0.6) is 11.5 Å². The smallest absolute Gasteiger partial charge is 0.175 e. The third-order valence-corrected chi connectivity index (χ3v) is 4.76. The van der Waals surface area contributed by atoms with Crippen LogP contribution in [0.1, 0.15) is 23.6 Å². The maximum absolute atomic E-state index is 13.1. The average molecular weight is 481 g/mol. The minimum atomic E-state index is -0.257. The minimum Gasteiger partial charge on any atom is -0.490 e. The summed E-state index contributed by atoms with van der Waals surface area (Å²) in [6.45, 7) is 4.33. The van der Waals surface area contributed by atoms with Crippen molar-refractivity contribution in [1.29, 1.82) is 0 Å². The van der Waals surface area contributed by atoms with Gasteiger partial charge < -0.3 is 14.8 Å². The highest BCUT2D eigenvalue weighted by Gasteiger charge is 2.13. The first kappa shape index (κ1) is 23.2. The van der Waals surface area contributed by atoms with E-state index in [0.717, 1.165) is 22.1 Å². The average Bonchev–Trinajstić information content (AvgIpc) is 2.70. The van der Waals surface area contributed by atoms with Crippen molar-refractivity contribution < 1.29 is 13.9 Å². The molecule has 0 spiro atoms. The molecule has 3 nitrogen and oxygen atoms in total. The molecule has 154 valence electrons. The molecule has 0 aliphatic carbocycles. The Labute approximate surface area is 185 Å². The normalized spacial score (nSPS) is 10.3. The third kappa shape index (κ3) is 7.03. The summed E-state index contributed by atoms with van der Waals surface area (Å²) in [5.41, 5.74) is 3.23. The van der Waals surface area contributed by atoms with Gasteiger partial charge in [0.05, 0.1) is 11.1 Å². The second-order valence-corrected chi connectivity index (χ2v) is 7.20. The van der Waals surface area contributed by atoms with Gasteiger partial charge in [0.15, 0.2) is 11.5 Å². The van der Waals surface area contributed by atoms with Crippen molar-refractivity contribution in [2.24, 2.45) is 0 Å². The highest BCUT2D eigenvalue weighted by Crippen LogP contribution is 2.37. The lowest BCUT2D eigenvalue weighted by molar-refractivity contribution is 0.267.